The molecular weight excluding hydrogens is 385 g/mol. The first-order valence-electron chi connectivity index (χ1n) is 4.85. The molecule has 10 heteroatoms. The average molecular weight is 395 g/mol. The van der Waals surface area contributed by atoms with Crippen molar-refractivity contribution in [3.63, 3.8) is 0 Å². The van der Waals surface area contributed by atoms with Gasteiger partial charge in [-0.15, -0.1) is 23.2 Å². The minimum Gasteiger partial charge on any atom is -0.427 e. The largest absolute Gasteiger partial charge is 0.427 e. The second kappa shape index (κ2) is 8.20. The monoisotopic (exact) mass is 392 g/mol. The molecule has 0 aromatic heterocycles. The van der Waals surface area contributed by atoms with Crippen LogP contribution in [0, 0.1) is 5.92 Å². The molecule has 0 aromatic rings. The fourth-order valence-electron chi connectivity index (χ4n) is 0.844. The normalized spacial score (nSPS) is 13.8. The second-order valence-corrected chi connectivity index (χ2v) is 6.91. The van der Waals surface area contributed by atoms with Crippen LogP contribution < -0.4 is 0 Å². The highest BCUT2D eigenvalue weighted by Crippen LogP contribution is 2.27. The van der Waals surface area contributed by atoms with Gasteiger partial charge in [-0.05, 0) is 0 Å². The van der Waals surface area contributed by atoms with Gasteiger partial charge >= 0.3 is 11.9 Å². The molecule has 112 valence electrons. The molecule has 0 fully saturated rings. The highest BCUT2D eigenvalue weighted by molar-refractivity contribution is 6.51. The summed E-state index contributed by atoms with van der Waals surface area (Å²) in [5.41, 5.74) is 0. The molecule has 0 amide bonds. The van der Waals surface area contributed by atoms with Gasteiger partial charge in [0.15, 0.2) is 0 Å². The summed E-state index contributed by atoms with van der Waals surface area (Å²) in [4.78, 5) is 23.0. The zero-order chi connectivity index (χ0) is 15.3. The number of alkyl halides is 6. The number of ether oxygens (including phenoxy) is 2. The molecule has 0 radical (unpaired) electrons. The van der Waals surface area contributed by atoms with Crippen LogP contribution in [0.5, 0.6) is 0 Å². The van der Waals surface area contributed by atoms with Crippen molar-refractivity contribution in [1.29, 1.82) is 0 Å². The average Bonchev–Trinajstić information content (AvgIpc) is 2.27. The van der Waals surface area contributed by atoms with Crippen molar-refractivity contribution in [2.45, 2.75) is 22.4 Å². The second-order valence-electron chi connectivity index (χ2n) is 3.54. The van der Waals surface area contributed by atoms with Crippen LogP contribution in [0.25, 0.3) is 0 Å². The van der Waals surface area contributed by atoms with Gasteiger partial charge < -0.3 is 9.47 Å². The lowest BCUT2D eigenvalue weighted by atomic mass is 10.1. The van der Waals surface area contributed by atoms with E-state index in [4.69, 9.17) is 69.6 Å². The number of carbonyl (C=O) groups is 2. The van der Waals surface area contributed by atoms with E-state index < -0.39 is 26.9 Å². The highest BCUT2D eigenvalue weighted by atomic mass is 35.5. The van der Waals surface area contributed by atoms with Gasteiger partial charge in [0.25, 0.3) is 9.04 Å². The molecule has 0 saturated heterocycles. The molecule has 0 aromatic carbocycles. The van der Waals surface area contributed by atoms with Crippen LogP contribution in [-0.4, -0.2) is 32.7 Å². The number of hydrogen-bond donors (Lipinski definition) is 0. The first-order chi connectivity index (χ1) is 8.53. The Labute approximate surface area is 140 Å². The quantitative estimate of drug-likeness (QED) is 0.486. The van der Waals surface area contributed by atoms with Crippen molar-refractivity contribution in [1.82, 2.24) is 0 Å². The Morgan fingerprint density at radius 3 is 1.84 bits per heavy atom. The standard InChI is InChI=1S/C9H10Cl6O4/c1-5(7(17)19-9(14,15)4-11)2-6(16)18-8(12,13)3-10/h5H,2-4H2,1H3. The number of carbonyl (C=O) groups excluding carboxylic acids is 2. The minimum atomic E-state index is -1.85. The molecule has 0 aliphatic carbocycles. The van der Waals surface area contributed by atoms with Gasteiger partial charge in [0, 0.05) is 0 Å². The maximum Gasteiger partial charge on any atom is 0.311 e. The van der Waals surface area contributed by atoms with E-state index in [0.29, 0.717) is 0 Å². The van der Waals surface area contributed by atoms with Crippen LogP contribution in [0.15, 0.2) is 0 Å². The summed E-state index contributed by atoms with van der Waals surface area (Å²) in [6.07, 6.45) is -0.330. The summed E-state index contributed by atoms with van der Waals surface area (Å²) in [5, 5.41) is 0. The van der Waals surface area contributed by atoms with Crippen molar-refractivity contribution < 1.29 is 19.1 Å². The van der Waals surface area contributed by atoms with Crippen LogP contribution in [0.3, 0.4) is 0 Å². The number of halogens is 6. The summed E-state index contributed by atoms with van der Waals surface area (Å²) in [5.74, 6) is -3.15. The van der Waals surface area contributed by atoms with Gasteiger partial charge in [0.2, 0.25) is 0 Å². The summed E-state index contributed by atoms with van der Waals surface area (Å²) in [6.45, 7) is 1.41. The van der Waals surface area contributed by atoms with Gasteiger partial charge in [0.05, 0.1) is 24.1 Å². The van der Waals surface area contributed by atoms with Gasteiger partial charge in [-0.3, -0.25) is 9.59 Å². The van der Waals surface area contributed by atoms with Crippen LogP contribution in [0.1, 0.15) is 13.3 Å². The maximum atomic E-state index is 11.5. The zero-order valence-corrected chi connectivity index (χ0v) is 14.1. The number of rotatable bonds is 7. The Hall–Kier alpha value is 0.680. The fraction of sp³-hybridized carbons (Fsp3) is 0.778. The van der Waals surface area contributed by atoms with Crippen molar-refractivity contribution in [2.75, 3.05) is 11.8 Å². The molecular formula is C9H10Cl6O4. The predicted octanol–water partition coefficient (Wildman–Crippen LogP) is 3.84. The van der Waals surface area contributed by atoms with E-state index in [1.807, 2.05) is 0 Å². The van der Waals surface area contributed by atoms with Crippen molar-refractivity contribution >= 4 is 81.5 Å². The van der Waals surface area contributed by atoms with Crippen LogP contribution >= 0.6 is 69.6 Å². The SMILES string of the molecule is CC(CC(=O)OC(Cl)(Cl)CCl)C(=O)OC(Cl)(Cl)CCl. The van der Waals surface area contributed by atoms with Crippen molar-refractivity contribution in [3.05, 3.63) is 0 Å². The summed E-state index contributed by atoms with van der Waals surface area (Å²) in [6, 6.07) is 0. The Morgan fingerprint density at radius 2 is 1.42 bits per heavy atom. The van der Waals surface area contributed by atoms with E-state index in [1.165, 1.54) is 6.92 Å². The Balaban J connectivity index is 4.34. The molecule has 1 atom stereocenters. The molecule has 0 aliphatic heterocycles. The Kier molecular flexibility index (Phi) is 8.50. The third kappa shape index (κ3) is 8.53. The van der Waals surface area contributed by atoms with E-state index in [9.17, 15) is 9.59 Å². The van der Waals surface area contributed by atoms with Gasteiger partial charge in [0.1, 0.15) is 0 Å². The van der Waals surface area contributed by atoms with E-state index in [-0.39, 0.29) is 18.2 Å². The molecule has 0 saturated carbocycles. The van der Waals surface area contributed by atoms with E-state index in [0.717, 1.165) is 0 Å². The molecule has 0 rings (SSSR count). The minimum absolute atomic E-state index is 0.320. The van der Waals surface area contributed by atoms with E-state index in [1.54, 1.807) is 0 Å². The number of hydrogen-bond acceptors (Lipinski definition) is 4. The molecule has 19 heavy (non-hydrogen) atoms. The van der Waals surface area contributed by atoms with Gasteiger partial charge in [-0.1, -0.05) is 53.3 Å². The van der Waals surface area contributed by atoms with Gasteiger partial charge in [-0.25, -0.2) is 0 Å². The molecule has 4 nitrogen and oxygen atoms in total. The smallest absolute Gasteiger partial charge is 0.311 e. The van der Waals surface area contributed by atoms with Crippen molar-refractivity contribution in [2.24, 2.45) is 5.92 Å². The number of esters is 2. The van der Waals surface area contributed by atoms with E-state index >= 15 is 0 Å². The fourth-order valence-corrected chi connectivity index (χ4v) is 1.28. The molecule has 0 N–H and O–H groups in total. The molecule has 0 spiro atoms. The van der Waals surface area contributed by atoms with Gasteiger partial charge in [-0.2, -0.15) is 0 Å². The molecule has 0 aliphatic rings. The van der Waals surface area contributed by atoms with Crippen LogP contribution in [-0.2, 0) is 19.1 Å². The third-order valence-corrected chi connectivity index (χ3v) is 3.84. The lowest BCUT2D eigenvalue weighted by molar-refractivity contribution is -0.157. The first kappa shape index (κ1) is 19.7. The van der Waals surface area contributed by atoms with Crippen LogP contribution in [0.4, 0.5) is 0 Å². The molecule has 0 heterocycles. The maximum absolute atomic E-state index is 11.5. The molecule has 1 unspecified atom stereocenters. The summed E-state index contributed by atoms with van der Waals surface area (Å²) < 4.78 is 5.59. The lowest BCUT2D eigenvalue weighted by Crippen LogP contribution is -2.31. The summed E-state index contributed by atoms with van der Waals surface area (Å²) >= 11 is 32.9. The van der Waals surface area contributed by atoms with Crippen LogP contribution in [0.2, 0.25) is 0 Å². The van der Waals surface area contributed by atoms with Crippen molar-refractivity contribution in [3.8, 4) is 0 Å². The molecule has 0 bridgehead atoms. The Bertz CT molecular complexity index is 333. The Morgan fingerprint density at radius 1 is 1.00 bits per heavy atom. The topological polar surface area (TPSA) is 52.6 Å². The lowest BCUT2D eigenvalue weighted by Gasteiger charge is -2.21. The van der Waals surface area contributed by atoms with E-state index in [2.05, 4.69) is 9.47 Å². The summed E-state index contributed by atoms with van der Waals surface area (Å²) in [7, 11) is 0. The highest BCUT2D eigenvalue weighted by Gasteiger charge is 2.33. The zero-order valence-electron chi connectivity index (χ0n) is 9.60. The third-order valence-electron chi connectivity index (χ3n) is 1.70. The predicted molar refractivity (Wildman–Crippen MR) is 76.3 cm³/mol. The first-order valence-corrected chi connectivity index (χ1v) is 7.43.